The molecule has 8 heteroatoms. The number of ether oxygens (including phenoxy) is 2. The van der Waals surface area contributed by atoms with E-state index < -0.39 is 16.1 Å². The maximum Gasteiger partial charge on any atom is 0.241 e. The summed E-state index contributed by atoms with van der Waals surface area (Å²) in [5.74, 6) is 0.469. The number of amides is 1. The number of carbonyl (C=O) groups excluding carboxylic acids is 1. The molecular weight excluding hydrogens is 452 g/mol. The molecule has 0 aromatic heterocycles. The minimum atomic E-state index is -4.01. The van der Waals surface area contributed by atoms with E-state index in [1.165, 1.54) is 38.0 Å². The first-order chi connectivity index (χ1) is 16.4. The highest BCUT2D eigenvalue weighted by atomic mass is 32.2. The van der Waals surface area contributed by atoms with Crippen LogP contribution in [-0.2, 0) is 34.2 Å². The van der Waals surface area contributed by atoms with Crippen molar-refractivity contribution in [3.05, 3.63) is 89.5 Å². The van der Waals surface area contributed by atoms with Crippen LogP contribution in [0.4, 0.5) is 0 Å². The van der Waals surface area contributed by atoms with E-state index in [1.54, 1.807) is 4.90 Å². The molecule has 0 radical (unpaired) electrons. The zero-order valence-electron chi connectivity index (χ0n) is 19.2. The third kappa shape index (κ3) is 5.24. The number of fused-ring (bicyclic) bond motifs is 1. The summed E-state index contributed by atoms with van der Waals surface area (Å²) in [5.41, 5.74) is 3.17. The minimum Gasteiger partial charge on any atom is -0.493 e. The standard InChI is InChI=1S/C26H28N2O5S/c1-32-24-13-12-22(17-25(24)33-2)34(30,31)27-23(16-19-8-4-3-5-9-19)26(29)28-15-14-20-10-6-7-11-21(20)18-28/h3-13,17,23,27H,14-16,18H2,1-2H3/t23-/m0/s1. The number of nitrogens with one attached hydrogen (secondary N) is 1. The predicted octanol–water partition coefficient (Wildman–Crippen LogP) is 3.18. The smallest absolute Gasteiger partial charge is 0.241 e. The van der Waals surface area contributed by atoms with E-state index in [2.05, 4.69) is 10.8 Å². The molecule has 1 heterocycles. The van der Waals surface area contributed by atoms with Crippen LogP contribution in [0.2, 0.25) is 0 Å². The van der Waals surface area contributed by atoms with Crippen molar-refractivity contribution < 1.29 is 22.7 Å². The molecule has 0 bridgehead atoms. The van der Waals surface area contributed by atoms with Crippen molar-refractivity contribution >= 4 is 15.9 Å². The van der Waals surface area contributed by atoms with Crippen LogP contribution < -0.4 is 14.2 Å². The number of nitrogens with zero attached hydrogens (tertiary/aromatic N) is 1. The SMILES string of the molecule is COc1ccc(S(=O)(=O)N[C@@H](Cc2ccccc2)C(=O)N2CCc3ccccc3C2)cc1OC. The van der Waals surface area contributed by atoms with Crippen LogP contribution in [0.1, 0.15) is 16.7 Å². The molecule has 0 saturated carbocycles. The van der Waals surface area contributed by atoms with Crippen LogP contribution in [0, 0.1) is 0 Å². The lowest BCUT2D eigenvalue weighted by atomic mass is 9.98. The summed E-state index contributed by atoms with van der Waals surface area (Å²) in [6.07, 6.45) is 0.979. The first-order valence-electron chi connectivity index (χ1n) is 11.0. The van der Waals surface area contributed by atoms with E-state index in [9.17, 15) is 13.2 Å². The van der Waals surface area contributed by atoms with Gasteiger partial charge >= 0.3 is 0 Å². The van der Waals surface area contributed by atoms with E-state index in [0.717, 1.165) is 17.5 Å². The monoisotopic (exact) mass is 480 g/mol. The van der Waals surface area contributed by atoms with Gasteiger partial charge in [0.1, 0.15) is 6.04 Å². The van der Waals surface area contributed by atoms with Gasteiger partial charge in [0.15, 0.2) is 11.5 Å². The largest absolute Gasteiger partial charge is 0.493 e. The topological polar surface area (TPSA) is 84.9 Å². The number of sulfonamides is 1. The molecule has 178 valence electrons. The predicted molar refractivity (Wildman–Crippen MR) is 129 cm³/mol. The summed E-state index contributed by atoms with van der Waals surface area (Å²) >= 11 is 0. The summed E-state index contributed by atoms with van der Waals surface area (Å²) in [4.78, 5) is 15.3. The van der Waals surface area contributed by atoms with Crippen molar-refractivity contribution in [1.29, 1.82) is 0 Å². The van der Waals surface area contributed by atoms with Crippen LogP contribution in [0.15, 0.2) is 77.7 Å². The highest BCUT2D eigenvalue weighted by Crippen LogP contribution is 2.29. The molecule has 34 heavy (non-hydrogen) atoms. The molecule has 3 aromatic rings. The summed E-state index contributed by atoms with van der Waals surface area (Å²) in [7, 11) is -1.09. The van der Waals surface area contributed by atoms with Crippen molar-refractivity contribution in [2.45, 2.75) is 30.3 Å². The Morgan fingerprint density at radius 2 is 1.62 bits per heavy atom. The third-order valence-corrected chi connectivity index (χ3v) is 7.46. The Bertz CT molecular complexity index is 1260. The molecule has 1 atom stereocenters. The second-order valence-corrected chi connectivity index (χ2v) is 9.87. The first-order valence-corrected chi connectivity index (χ1v) is 12.5. The molecule has 7 nitrogen and oxygen atoms in total. The zero-order chi connectivity index (χ0) is 24.1. The fourth-order valence-corrected chi connectivity index (χ4v) is 5.38. The van der Waals surface area contributed by atoms with Crippen LogP contribution in [0.3, 0.4) is 0 Å². The second kappa shape index (κ2) is 10.3. The third-order valence-electron chi connectivity index (χ3n) is 5.99. The van der Waals surface area contributed by atoms with Crippen LogP contribution in [0.5, 0.6) is 11.5 Å². The Kier molecular flexibility index (Phi) is 7.19. The number of carbonyl (C=O) groups is 1. The Labute approximate surface area is 200 Å². The van der Waals surface area contributed by atoms with Gasteiger partial charge in [0.2, 0.25) is 15.9 Å². The van der Waals surface area contributed by atoms with Crippen molar-refractivity contribution in [2.24, 2.45) is 0 Å². The lowest BCUT2D eigenvalue weighted by Gasteiger charge is -2.32. The molecule has 3 aromatic carbocycles. The van der Waals surface area contributed by atoms with Crippen molar-refractivity contribution in [3.8, 4) is 11.5 Å². The quantitative estimate of drug-likeness (QED) is 0.535. The summed E-state index contributed by atoms with van der Waals surface area (Å²) < 4.78 is 39.7. The van der Waals surface area contributed by atoms with Gasteiger partial charge in [-0.15, -0.1) is 0 Å². The first kappa shape index (κ1) is 23.8. The highest BCUT2D eigenvalue weighted by Gasteiger charge is 2.31. The average molecular weight is 481 g/mol. The lowest BCUT2D eigenvalue weighted by molar-refractivity contribution is -0.133. The maximum atomic E-state index is 13.6. The Balaban J connectivity index is 1.62. The molecule has 0 spiro atoms. The molecule has 0 unspecified atom stereocenters. The van der Waals surface area contributed by atoms with Gasteiger partial charge in [0, 0.05) is 19.2 Å². The van der Waals surface area contributed by atoms with Crippen molar-refractivity contribution in [3.63, 3.8) is 0 Å². The number of hydrogen-bond acceptors (Lipinski definition) is 5. The van der Waals surface area contributed by atoms with Crippen molar-refractivity contribution in [1.82, 2.24) is 9.62 Å². The van der Waals surface area contributed by atoms with Gasteiger partial charge in [0.25, 0.3) is 0 Å². The second-order valence-electron chi connectivity index (χ2n) is 8.16. The molecule has 0 aliphatic carbocycles. The molecule has 1 amide bonds. The van der Waals surface area contributed by atoms with E-state index >= 15 is 0 Å². The fraction of sp³-hybridized carbons (Fsp3) is 0.269. The summed E-state index contributed by atoms with van der Waals surface area (Å²) in [5, 5.41) is 0. The van der Waals surface area contributed by atoms with E-state index in [4.69, 9.17) is 9.47 Å². The Morgan fingerprint density at radius 3 is 2.32 bits per heavy atom. The van der Waals surface area contributed by atoms with Crippen molar-refractivity contribution in [2.75, 3.05) is 20.8 Å². The van der Waals surface area contributed by atoms with Gasteiger partial charge in [-0.05, 0) is 41.7 Å². The number of hydrogen-bond donors (Lipinski definition) is 1. The number of benzene rings is 3. The van der Waals surface area contributed by atoms with Gasteiger partial charge in [-0.2, -0.15) is 4.72 Å². The van der Waals surface area contributed by atoms with Gasteiger partial charge in [-0.25, -0.2) is 8.42 Å². The van der Waals surface area contributed by atoms with Gasteiger partial charge in [0.05, 0.1) is 19.1 Å². The normalized spacial score (nSPS) is 14.2. The highest BCUT2D eigenvalue weighted by molar-refractivity contribution is 7.89. The van der Waals surface area contributed by atoms with E-state index in [0.29, 0.717) is 24.6 Å². The number of rotatable bonds is 8. The van der Waals surface area contributed by atoms with Gasteiger partial charge in [-0.3, -0.25) is 4.79 Å². The van der Waals surface area contributed by atoms with E-state index in [1.807, 2.05) is 48.5 Å². The summed E-state index contributed by atoms with van der Waals surface area (Å²) in [6.45, 7) is 0.998. The Morgan fingerprint density at radius 1 is 0.941 bits per heavy atom. The molecule has 0 saturated heterocycles. The molecule has 1 N–H and O–H groups in total. The van der Waals surface area contributed by atoms with Crippen LogP contribution >= 0.6 is 0 Å². The molecule has 1 aliphatic rings. The van der Waals surface area contributed by atoms with Crippen LogP contribution in [-0.4, -0.2) is 46.0 Å². The molecule has 0 fully saturated rings. The van der Waals surface area contributed by atoms with Gasteiger partial charge in [-0.1, -0.05) is 54.6 Å². The molecular formula is C26H28N2O5S. The maximum absolute atomic E-state index is 13.6. The minimum absolute atomic E-state index is 0.00000136. The van der Waals surface area contributed by atoms with Gasteiger partial charge < -0.3 is 14.4 Å². The van der Waals surface area contributed by atoms with Crippen LogP contribution in [0.25, 0.3) is 0 Å². The zero-order valence-corrected chi connectivity index (χ0v) is 20.0. The number of methoxy groups -OCH3 is 2. The van der Waals surface area contributed by atoms with E-state index in [-0.39, 0.29) is 17.2 Å². The molecule has 4 rings (SSSR count). The lowest BCUT2D eigenvalue weighted by Crippen LogP contribution is -2.50. The Hall–Kier alpha value is -3.36. The average Bonchev–Trinajstić information content (AvgIpc) is 2.87. The fourth-order valence-electron chi connectivity index (χ4n) is 4.17. The summed E-state index contributed by atoms with van der Waals surface area (Å²) in [6, 6.07) is 20.8. The molecule has 1 aliphatic heterocycles.